The zero-order valence-corrected chi connectivity index (χ0v) is 29.3. The number of fused-ring (bicyclic) bond motifs is 5. The number of pyridine rings is 2. The highest BCUT2D eigenvalue weighted by Crippen LogP contribution is 2.46. The third-order valence-electron chi connectivity index (χ3n) is 9.83. The predicted octanol–water partition coefficient (Wildman–Crippen LogP) is 5.97. The lowest BCUT2D eigenvalue weighted by atomic mass is 9.94. The van der Waals surface area contributed by atoms with Gasteiger partial charge in [0.15, 0.2) is 5.82 Å². The van der Waals surface area contributed by atoms with Crippen molar-refractivity contribution < 1.29 is 23.1 Å². The average molecular weight is 689 g/mol. The second-order valence-electron chi connectivity index (χ2n) is 13.9. The Morgan fingerprint density at radius 2 is 1.82 bits per heavy atom. The lowest BCUT2D eigenvalue weighted by Crippen LogP contribution is -2.64. The highest BCUT2D eigenvalue weighted by molar-refractivity contribution is 6.03. The van der Waals surface area contributed by atoms with Crippen LogP contribution in [0.2, 0.25) is 0 Å². The number of amides is 1. The number of phenols is 1. The number of aromatic nitrogens is 2. The topological polar surface area (TPSA) is 85.1 Å². The lowest BCUT2D eigenvalue weighted by Gasteiger charge is -2.52. The number of carbonyl (C=O) groups is 1. The Labute approximate surface area is 289 Å². The number of anilines is 2. The summed E-state index contributed by atoms with van der Waals surface area (Å²) in [6, 6.07) is 5.67. The Hall–Kier alpha value is -4.84. The minimum Gasteiger partial charge on any atom is -0.507 e. The molecule has 2 aliphatic heterocycles. The molecule has 2 aromatic heterocycles. The first-order valence-corrected chi connectivity index (χ1v) is 16.9. The summed E-state index contributed by atoms with van der Waals surface area (Å²) in [6.07, 6.45) is 3.60. The third-order valence-corrected chi connectivity index (χ3v) is 9.83. The van der Waals surface area contributed by atoms with Gasteiger partial charge in [0, 0.05) is 43.8 Å². The summed E-state index contributed by atoms with van der Waals surface area (Å²) >= 11 is 0. The molecular weight excluding hydrogens is 645 g/mol. The van der Waals surface area contributed by atoms with E-state index in [0.29, 0.717) is 60.9 Å². The number of carbonyl (C=O) groups excluding carboxylic acids is 1. The first-order valence-electron chi connectivity index (χ1n) is 16.9. The highest BCUT2D eigenvalue weighted by atomic mass is 19.1. The zero-order chi connectivity index (χ0) is 36.2. The Bertz CT molecular complexity index is 2040. The van der Waals surface area contributed by atoms with Gasteiger partial charge in [0.1, 0.15) is 23.1 Å². The molecule has 9 nitrogen and oxygen atoms in total. The SMILES string of the molecule is C=CC(=O)N1CC2CN(CCCN(C)C)c3c(c4cc(F)c(-c5c(O)cccc5F)c(F)c4n(-c4c(C)ccnc4C(C)C)c3=O)N2CC1C. The maximum absolute atomic E-state index is 17.4. The minimum atomic E-state index is -1.19. The van der Waals surface area contributed by atoms with Crippen LogP contribution in [0.15, 0.2) is 54.0 Å². The molecule has 4 heterocycles. The van der Waals surface area contributed by atoms with Crippen LogP contribution in [-0.2, 0) is 4.79 Å². The third kappa shape index (κ3) is 5.78. The first kappa shape index (κ1) is 35.0. The fourth-order valence-electron chi connectivity index (χ4n) is 7.53. The van der Waals surface area contributed by atoms with Crippen LogP contribution < -0.4 is 15.4 Å². The van der Waals surface area contributed by atoms with Gasteiger partial charge in [-0.05, 0) is 82.7 Å². The van der Waals surface area contributed by atoms with E-state index in [1.807, 2.05) is 49.6 Å². The van der Waals surface area contributed by atoms with Crippen LogP contribution in [0.1, 0.15) is 44.4 Å². The number of nitrogens with zero attached hydrogens (tertiary/aromatic N) is 6. The molecule has 2 atom stereocenters. The van der Waals surface area contributed by atoms with Crippen molar-refractivity contribution in [1.82, 2.24) is 19.4 Å². The van der Waals surface area contributed by atoms with E-state index in [4.69, 9.17) is 0 Å². The summed E-state index contributed by atoms with van der Waals surface area (Å²) in [5, 5.41) is 10.8. The van der Waals surface area contributed by atoms with Crippen molar-refractivity contribution in [1.29, 1.82) is 0 Å². The van der Waals surface area contributed by atoms with E-state index in [1.54, 1.807) is 24.1 Å². The van der Waals surface area contributed by atoms with Gasteiger partial charge in [-0.25, -0.2) is 13.2 Å². The largest absolute Gasteiger partial charge is 0.507 e. The molecule has 1 amide bonds. The molecule has 264 valence electrons. The summed E-state index contributed by atoms with van der Waals surface area (Å²) in [6.45, 7) is 13.4. The average Bonchev–Trinajstić information content (AvgIpc) is 3.05. The number of aromatic hydroxyl groups is 1. The Balaban J connectivity index is 1.76. The van der Waals surface area contributed by atoms with Gasteiger partial charge >= 0.3 is 0 Å². The zero-order valence-electron chi connectivity index (χ0n) is 29.3. The van der Waals surface area contributed by atoms with Crippen molar-refractivity contribution in [3.05, 3.63) is 88.2 Å². The summed E-state index contributed by atoms with van der Waals surface area (Å²) < 4.78 is 50.5. The molecular formula is C38H43F3N6O3. The maximum atomic E-state index is 17.4. The number of rotatable bonds is 8. The van der Waals surface area contributed by atoms with Crippen LogP contribution in [0.25, 0.3) is 27.7 Å². The van der Waals surface area contributed by atoms with Gasteiger partial charge in [0.25, 0.3) is 5.56 Å². The second kappa shape index (κ2) is 13.5. The molecule has 50 heavy (non-hydrogen) atoms. The predicted molar refractivity (Wildman–Crippen MR) is 191 cm³/mol. The van der Waals surface area contributed by atoms with E-state index in [0.717, 1.165) is 24.7 Å². The molecule has 4 aromatic rings. The summed E-state index contributed by atoms with van der Waals surface area (Å²) in [4.78, 5) is 40.5. The molecule has 0 spiro atoms. The Morgan fingerprint density at radius 1 is 1.08 bits per heavy atom. The van der Waals surface area contributed by atoms with E-state index in [9.17, 15) is 9.90 Å². The number of phenolic OH excluding ortho intramolecular Hbond substituents is 1. The van der Waals surface area contributed by atoms with Crippen LogP contribution in [0.5, 0.6) is 5.75 Å². The van der Waals surface area contributed by atoms with Crippen molar-refractivity contribution in [3.63, 3.8) is 0 Å². The Kier molecular flexibility index (Phi) is 9.43. The standard InChI is InChI=1S/C38H43F3N6O3/c1-8-29(49)45-20-24-19-44(16-10-15-43(6)7)37-36(46(24)18-23(45)5)25-17-27(40)31(30-26(39)11-9-12-28(30)48)32(41)35(25)47(38(37)50)34-22(4)13-14-42-33(34)21(2)3/h8-9,11-14,17,21,23-24,48H,1,10,15-16,18-20H2,2-7H3. The van der Waals surface area contributed by atoms with Crippen molar-refractivity contribution in [2.24, 2.45) is 0 Å². The normalized spacial score (nSPS) is 17.5. The fourth-order valence-corrected chi connectivity index (χ4v) is 7.53. The molecule has 0 aliphatic carbocycles. The van der Waals surface area contributed by atoms with Crippen LogP contribution in [0, 0.1) is 24.4 Å². The second-order valence-corrected chi connectivity index (χ2v) is 13.9. The van der Waals surface area contributed by atoms with Gasteiger partial charge in [0.05, 0.1) is 39.8 Å². The van der Waals surface area contributed by atoms with E-state index in [2.05, 4.69) is 11.6 Å². The van der Waals surface area contributed by atoms with Crippen LogP contribution in [0.4, 0.5) is 24.5 Å². The molecule has 6 rings (SSSR count). The maximum Gasteiger partial charge on any atom is 0.281 e. The molecule has 0 radical (unpaired) electrons. The van der Waals surface area contributed by atoms with E-state index < -0.39 is 39.9 Å². The quantitative estimate of drug-likeness (QED) is 0.229. The minimum absolute atomic E-state index is 0.116. The number of hydrogen-bond donors (Lipinski definition) is 1. The van der Waals surface area contributed by atoms with Crippen molar-refractivity contribution in [2.45, 2.75) is 52.1 Å². The van der Waals surface area contributed by atoms with E-state index in [-0.39, 0.29) is 34.8 Å². The molecule has 1 fully saturated rings. The summed E-state index contributed by atoms with van der Waals surface area (Å²) in [5.41, 5.74) is -0.0114. The monoisotopic (exact) mass is 688 g/mol. The number of piperazine rings is 1. The fraction of sp³-hybridized carbons (Fsp3) is 0.395. The van der Waals surface area contributed by atoms with Crippen LogP contribution in [0.3, 0.4) is 0 Å². The summed E-state index contributed by atoms with van der Waals surface area (Å²) in [5.74, 6) is -4.34. The van der Waals surface area contributed by atoms with Crippen LogP contribution >= 0.6 is 0 Å². The first-order chi connectivity index (χ1) is 23.8. The number of halogens is 3. The molecule has 1 saturated heterocycles. The van der Waals surface area contributed by atoms with Crippen LogP contribution in [-0.4, -0.2) is 89.3 Å². The molecule has 2 unspecified atom stereocenters. The molecule has 2 aromatic carbocycles. The molecule has 0 bridgehead atoms. The van der Waals surface area contributed by atoms with Crippen molar-refractivity contribution in [3.8, 4) is 22.6 Å². The van der Waals surface area contributed by atoms with Gasteiger partial charge in [-0.2, -0.15) is 0 Å². The van der Waals surface area contributed by atoms with Gasteiger partial charge in [-0.3, -0.25) is 19.1 Å². The van der Waals surface area contributed by atoms with Gasteiger partial charge < -0.3 is 24.7 Å². The summed E-state index contributed by atoms with van der Waals surface area (Å²) in [7, 11) is 3.92. The van der Waals surface area contributed by atoms with Crippen molar-refractivity contribution >= 4 is 28.2 Å². The molecule has 1 N–H and O–H groups in total. The van der Waals surface area contributed by atoms with Gasteiger partial charge in [-0.1, -0.05) is 26.5 Å². The molecule has 0 saturated carbocycles. The van der Waals surface area contributed by atoms with E-state index >= 15 is 18.0 Å². The Morgan fingerprint density at radius 3 is 2.48 bits per heavy atom. The molecule has 2 aliphatic rings. The molecule has 12 heteroatoms. The smallest absolute Gasteiger partial charge is 0.281 e. The van der Waals surface area contributed by atoms with Gasteiger partial charge in [0.2, 0.25) is 5.91 Å². The lowest BCUT2D eigenvalue weighted by molar-refractivity contribution is -0.128. The number of aryl methyl sites for hydroxylation is 1. The number of benzene rings is 2. The van der Waals surface area contributed by atoms with E-state index in [1.165, 1.54) is 16.7 Å². The highest BCUT2D eigenvalue weighted by Gasteiger charge is 2.42. The number of hydrogen-bond acceptors (Lipinski definition) is 7. The van der Waals surface area contributed by atoms with Crippen molar-refractivity contribution in [2.75, 3.05) is 56.6 Å². The van der Waals surface area contributed by atoms with Gasteiger partial charge in [-0.15, -0.1) is 0 Å².